The van der Waals surface area contributed by atoms with Gasteiger partial charge in [0, 0.05) is 39.3 Å². The van der Waals surface area contributed by atoms with E-state index in [9.17, 15) is 16.8 Å². The maximum absolute atomic E-state index is 13.0. The summed E-state index contributed by atoms with van der Waals surface area (Å²) in [6.07, 6.45) is 0. The minimum atomic E-state index is -3.66. The van der Waals surface area contributed by atoms with Crippen LogP contribution in [0.5, 0.6) is 0 Å². The van der Waals surface area contributed by atoms with Gasteiger partial charge in [-0.3, -0.25) is 0 Å². The van der Waals surface area contributed by atoms with Gasteiger partial charge in [-0.15, -0.1) is 0 Å². The van der Waals surface area contributed by atoms with Gasteiger partial charge < -0.3 is 0 Å². The van der Waals surface area contributed by atoms with Gasteiger partial charge in [0.25, 0.3) is 10.2 Å². The van der Waals surface area contributed by atoms with E-state index in [-0.39, 0.29) is 31.1 Å². The zero-order valence-electron chi connectivity index (χ0n) is 15.6. The molecule has 1 heterocycles. The van der Waals surface area contributed by atoms with Crippen molar-refractivity contribution >= 4 is 31.0 Å². The van der Waals surface area contributed by atoms with Crippen LogP contribution >= 0.6 is 0 Å². The maximum Gasteiger partial charge on any atom is 0.282 e. The molecule has 0 bridgehead atoms. The predicted molar refractivity (Wildman–Crippen MR) is 106 cm³/mol. The molecule has 0 radical (unpaired) electrons. The van der Waals surface area contributed by atoms with Crippen LogP contribution in [0.15, 0.2) is 47.4 Å². The number of piperazine rings is 1. The molecule has 0 atom stereocenters. The highest BCUT2D eigenvalue weighted by atomic mass is 32.2. The predicted octanol–water partition coefficient (Wildman–Crippen LogP) is 1.73. The second-order valence-electron chi connectivity index (χ2n) is 6.40. The lowest BCUT2D eigenvalue weighted by atomic mass is 10.1. The Labute approximate surface area is 161 Å². The minimum absolute atomic E-state index is 0.148. The molecule has 1 aliphatic rings. The first-order valence-corrected chi connectivity index (χ1v) is 11.9. The lowest BCUT2D eigenvalue weighted by Crippen LogP contribution is -2.54. The van der Waals surface area contributed by atoms with Crippen LogP contribution in [0.3, 0.4) is 0 Å². The van der Waals surface area contributed by atoms with Crippen molar-refractivity contribution in [3.05, 3.63) is 42.5 Å². The van der Waals surface area contributed by atoms with E-state index in [2.05, 4.69) is 0 Å². The van der Waals surface area contributed by atoms with Crippen LogP contribution in [0.4, 0.5) is 0 Å². The SMILES string of the molecule is CCN(CC)S(=O)(=O)N1CCN(S(=O)(=O)c2ccc3ccccc3c2)CC1. The summed E-state index contributed by atoms with van der Waals surface area (Å²) in [6, 6.07) is 12.7. The highest BCUT2D eigenvalue weighted by Crippen LogP contribution is 2.23. The largest absolute Gasteiger partial charge is 0.282 e. The summed E-state index contributed by atoms with van der Waals surface area (Å²) >= 11 is 0. The molecule has 0 saturated carbocycles. The van der Waals surface area contributed by atoms with Crippen molar-refractivity contribution in [2.24, 2.45) is 0 Å². The molecule has 1 saturated heterocycles. The average molecular weight is 412 g/mol. The van der Waals surface area contributed by atoms with E-state index in [0.717, 1.165) is 10.8 Å². The fourth-order valence-electron chi connectivity index (χ4n) is 3.33. The number of hydrogen-bond acceptors (Lipinski definition) is 4. The van der Waals surface area contributed by atoms with E-state index in [1.807, 2.05) is 24.3 Å². The standard InChI is InChI=1S/C18H25N3O4S2/c1-3-19(4-2)27(24,25)21-13-11-20(12-14-21)26(22,23)18-10-9-16-7-5-6-8-17(16)15-18/h5-10,15H,3-4,11-14H2,1-2H3. The van der Waals surface area contributed by atoms with Crippen molar-refractivity contribution in [1.82, 2.24) is 12.9 Å². The zero-order chi connectivity index (χ0) is 19.7. The monoisotopic (exact) mass is 411 g/mol. The Morgan fingerprint density at radius 1 is 0.815 bits per heavy atom. The van der Waals surface area contributed by atoms with E-state index in [0.29, 0.717) is 13.1 Å². The van der Waals surface area contributed by atoms with Crippen LogP contribution in [0.2, 0.25) is 0 Å². The van der Waals surface area contributed by atoms with Gasteiger partial charge in [0.05, 0.1) is 4.90 Å². The molecule has 0 spiro atoms. The molecule has 148 valence electrons. The molecule has 0 unspecified atom stereocenters. The smallest absolute Gasteiger partial charge is 0.207 e. The number of sulfonamides is 1. The van der Waals surface area contributed by atoms with Gasteiger partial charge in [-0.1, -0.05) is 44.2 Å². The number of benzene rings is 2. The van der Waals surface area contributed by atoms with Gasteiger partial charge in [0.2, 0.25) is 10.0 Å². The van der Waals surface area contributed by atoms with E-state index in [1.165, 1.54) is 12.9 Å². The molecule has 2 aromatic rings. The van der Waals surface area contributed by atoms with Crippen molar-refractivity contribution in [3.63, 3.8) is 0 Å². The molecule has 0 amide bonds. The van der Waals surface area contributed by atoms with Gasteiger partial charge in [-0.25, -0.2) is 8.42 Å². The molecule has 1 aliphatic heterocycles. The number of fused-ring (bicyclic) bond motifs is 1. The second kappa shape index (κ2) is 7.84. The third-order valence-corrected chi connectivity index (χ3v) is 9.00. The molecule has 9 heteroatoms. The van der Waals surface area contributed by atoms with Gasteiger partial charge in [-0.2, -0.15) is 21.3 Å². The molecule has 2 aromatic carbocycles. The Hall–Kier alpha value is -1.52. The van der Waals surface area contributed by atoms with Crippen LogP contribution < -0.4 is 0 Å². The number of rotatable bonds is 6. The molecule has 27 heavy (non-hydrogen) atoms. The topological polar surface area (TPSA) is 78.0 Å². The fraction of sp³-hybridized carbons (Fsp3) is 0.444. The summed E-state index contributed by atoms with van der Waals surface area (Å²) < 4.78 is 55.3. The molecule has 1 fully saturated rings. The molecule has 0 N–H and O–H groups in total. The average Bonchev–Trinajstić information content (AvgIpc) is 2.68. The molecule has 0 aromatic heterocycles. The van der Waals surface area contributed by atoms with Gasteiger partial charge in [0.1, 0.15) is 0 Å². The van der Waals surface area contributed by atoms with Gasteiger partial charge in [0.15, 0.2) is 0 Å². The summed E-state index contributed by atoms with van der Waals surface area (Å²) in [5, 5.41) is 1.84. The van der Waals surface area contributed by atoms with Crippen molar-refractivity contribution in [2.75, 3.05) is 39.3 Å². The van der Waals surface area contributed by atoms with E-state index in [1.54, 1.807) is 32.0 Å². The Morgan fingerprint density at radius 2 is 1.37 bits per heavy atom. The maximum atomic E-state index is 13.0. The van der Waals surface area contributed by atoms with Crippen LogP contribution in [0.1, 0.15) is 13.8 Å². The van der Waals surface area contributed by atoms with Crippen molar-refractivity contribution < 1.29 is 16.8 Å². The first-order valence-electron chi connectivity index (χ1n) is 9.05. The van der Waals surface area contributed by atoms with Crippen LogP contribution in [0.25, 0.3) is 10.8 Å². The van der Waals surface area contributed by atoms with Crippen LogP contribution in [-0.4, -0.2) is 69.0 Å². The summed E-state index contributed by atoms with van der Waals surface area (Å²) in [6.45, 7) is 4.99. The van der Waals surface area contributed by atoms with Crippen LogP contribution in [-0.2, 0) is 20.2 Å². The van der Waals surface area contributed by atoms with E-state index >= 15 is 0 Å². The van der Waals surface area contributed by atoms with Crippen molar-refractivity contribution in [2.45, 2.75) is 18.7 Å². The molecular formula is C18H25N3O4S2. The molecule has 0 aliphatic carbocycles. The van der Waals surface area contributed by atoms with Crippen molar-refractivity contribution in [3.8, 4) is 0 Å². The first kappa shape index (κ1) is 20.2. The van der Waals surface area contributed by atoms with Gasteiger partial charge in [-0.05, 0) is 22.9 Å². The third-order valence-electron chi connectivity index (χ3n) is 4.91. The summed E-state index contributed by atoms with van der Waals surface area (Å²) in [7, 11) is -7.20. The molecule has 3 rings (SSSR count). The quantitative estimate of drug-likeness (QED) is 0.725. The lowest BCUT2D eigenvalue weighted by Gasteiger charge is -2.35. The minimum Gasteiger partial charge on any atom is -0.207 e. The molecule has 7 nitrogen and oxygen atoms in total. The number of hydrogen-bond donors (Lipinski definition) is 0. The Kier molecular flexibility index (Phi) is 5.87. The highest BCUT2D eigenvalue weighted by Gasteiger charge is 2.35. The Bertz CT molecular complexity index is 1010. The number of nitrogens with zero attached hydrogens (tertiary/aromatic N) is 3. The van der Waals surface area contributed by atoms with E-state index < -0.39 is 20.2 Å². The van der Waals surface area contributed by atoms with E-state index in [4.69, 9.17) is 0 Å². The zero-order valence-corrected chi connectivity index (χ0v) is 17.2. The van der Waals surface area contributed by atoms with Gasteiger partial charge >= 0.3 is 0 Å². The summed E-state index contributed by atoms with van der Waals surface area (Å²) in [5.41, 5.74) is 0. The Balaban J connectivity index is 1.78. The molecular weight excluding hydrogens is 386 g/mol. The first-order chi connectivity index (χ1) is 12.8. The summed E-state index contributed by atoms with van der Waals surface area (Å²) in [5.74, 6) is 0. The van der Waals surface area contributed by atoms with Crippen LogP contribution in [0, 0.1) is 0 Å². The fourth-order valence-corrected chi connectivity index (χ4v) is 6.39. The highest BCUT2D eigenvalue weighted by molar-refractivity contribution is 7.89. The lowest BCUT2D eigenvalue weighted by molar-refractivity contribution is 0.256. The normalized spacial score (nSPS) is 17.6. The Morgan fingerprint density at radius 3 is 1.96 bits per heavy atom. The summed E-state index contributed by atoms with van der Waals surface area (Å²) in [4.78, 5) is 0.237. The second-order valence-corrected chi connectivity index (χ2v) is 10.3. The van der Waals surface area contributed by atoms with Crippen molar-refractivity contribution in [1.29, 1.82) is 0 Å². The third kappa shape index (κ3) is 3.88.